The van der Waals surface area contributed by atoms with Crippen LogP contribution in [0.25, 0.3) is 11.3 Å². The van der Waals surface area contributed by atoms with Crippen LogP contribution >= 0.6 is 0 Å². The van der Waals surface area contributed by atoms with Gasteiger partial charge in [-0.15, -0.1) is 0 Å². The molecule has 4 rings (SSSR count). The molecule has 2 bridgehead atoms. The largest absolute Gasteiger partial charge is 0.453 e. The number of piperidine rings is 1. The first-order valence-electron chi connectivity index (χ1n) is 13.5. The topological polar surface area (TPSA) is 117 Å². The van der Waals surface area contributed by atoms with Crippen LogP contribution in [0.1, 0.15) is 72.7 Å². The molecule has 1 aromatic carbocycles. The van der Waals surface area contributed by atoms with Crippen molar-refractivity contribution in [2.24, 2.45) is 11.8 Å². The fourth-order valence-corrected chi connectivity index (χ4v) is 5.37. The van der Waals surface area contributed by atoms with E-state index in [1.807, 2.05) is 63.1 Å². The number of alkyl carbamates (subject to hydrolysis) is 1. The summed E-state index contributed by atoms with van der Waals surface area (Å²) < 4.78 is 10.8. The molecule has 2 fully saturated rings. The number of amides is 2. The molecule has 9 nitrogen and oxygen atoms in total. The molecular weight excluding hydrogens is 483 g/mol. The molecule has 2 aliphatic rings. The second kappa shape index (κ2) is 10.7. The summed E-state index contributed by atoms with van der Waals surface area (Å²) in [7, 11) is 1.70. The van der Waals surface area contributed by atoms with E-state index in [9.17, 15) is 14.7 Å². The van der Waals surface area contributed by atoms with Crippen LogP contribution in [0.3, 0.4) is 0 Å². The minimum absolute atomic E-state index is 0.0787. The molecule has 2 aromatic rings. The zero-order valence-electron chi connectivity index (χ0n) is 23.6. The number of ether oxygens (including phenoxy) is 1. The first kappa shape index (κ1) is 28.2. The van der Waals surface area contributed by atoms with Gasteiger partial charge in [-0.25, -0.2) is 9.78 Å². The maximum absolute atomic E-state index is 13.7. The Morgan fingerprint density at radius 1 is 1.18 bits per heavy atom. The zero-order chi connectivity index (χ0) is 27.8. The van der Waals surface area contributed by atoms with Gasteiger partial charge in [-0.05, 0) is 64.4 Å². The number of carbonyl (C=O) groups is 2. The highest BCUT2D eigenvalue weighted by atomic mass is 16.5. The van der Waals surface area contributed by atoms with E-state index in [0.717, 1.165) is 41.8 Å². The summed E-state index contributed by atoms with van der Waals surface area (Å²) in [6.45, 7) is 11.1. The minimum Gasteiger partial charge on any atom is -0.453 e. The number of fused-ring (bicyclic) bond motifs is 2. The molecule has 0 spiro atoms. The molecule has 206 valence electrons. The third kappa shape index (κ3) is 5.61. The predicted octanol–water partition coefficient (Wildman–Crippen LogP) is 3.05. The van der Waals surface area contributed by atoms with Crippen LogP contribution in [0.15, 0.2) is 30.5 Å². The average Bonchev–Trinajstić information content (AvgIpc) is 3.61. The number of imidazole rings is 1. The van der Waals surface area contributed by atoms with Gasteiger partial charge in [0.15, 0.2) is 0 Å². The third-order valence-electron chi connectivity index (χ3n) is 8.44. The number of aliphatic hydroxyl groups is 1. The van der Waals surface area contributed by atoms with E-state index < -0.39 is 23.3 Å². The van der Waals surface area contributed by atoms with E-state index in [1.165, 1.54) is 7.11 Å². The van der Waals surface area contributed by atoms with Crippen molar-refractivity contribution in [1.82, 2.24) is 20.2 Å². The number of carbonyl (C=O) groups excluding carboxylic acids is 2. The number of aromatic amines is 1. The summed E-state index contributed by atoms with van der Waals surface area (Å²) in [5.74, 6) is 0.956. The van der Waals surface area contributed by atoms with Crippen molar-refractivity contribution >= 4 is 24.9 Å². The molecule has 1 saturated heterocycles. The van der Waals surface area contributed by atoms with Gasteiger partial charge in [0.05, 0.1) is 36.2 Å². The van der Waals surface area contributed by atoms with Crippen molar-refractivity contribution in [3.05, 3.63) is 36.3 Å². The van der Waals surface area contributed by atoms with Gasteiger partial charge in [0, 0.05) is 6.04 Å². The quantitative estimate of drug-likeness (QED) is 0.435. The van der Waals surface area contributed by atoms with Crippen molar-refractivity contribution in [1.29, 1.82) is 0 Å². The number of nitrogens with zero attached hydrogens (tertiary/aromatic N) is 2. The Hall–Kier alpha value is -2.85. The third-order valence-corrected chi connectivity index (χ3v) is 8.44. The van der Waals surface area contributed by atoms with E-state index in [4.69, 9.17) is 14.4 Å². The highest BCUT2D eigenvalue weighted by molar-refractivity contribution is 6.47. The lowest BCUT2D eigenvalue weighted by atomic mass is 9.82. The number of aromatic nitrogens is 2. The Kier molecular flexibility index (Phi) is 7.95. The summed E-state index contributed by atoms with van der Waals surface area (Å²) in [5.41, 5.74) is 1.23. The second-order valence-electron chi connectivity index (χ2n) is 12.0. The number of hydrogen-bond donors (Lipinski definition) is 3. The van der Waals surface area contributed by atoms with E-state index in [-0.39, 0.29) is 23.9 Å². The molecule has 3 N–H and O–H groups in total. The SMILES string of the molecule is COC(=O)N[C@H](C(=O)N1[C@H]2CC[C@H](C2)[C@H]1c1ncc(-c2ccc(BOC(C)(C)C(C)(C)O)cc2)[nH]1)C(C)C. The first-order valence-corrected chi connectivity index (χ1v) is 13.5. The Labute approximate surface area is 226 Å². The fourth-order valence-electron chi connectivity index (χ4n) is 5.37. The van der Waals surface area contributed by atoms with E-state index in [2.05, 4.69) is 10.3 Å². The molecule has 38 heavy (non-hydrogen) atoms. The number of nitrogens with one attached hydrogen (secondary N) is 2. The lowest BCUT2D eigenvalue weighted by Gasteiger charge is -2.37. The highest BCUT2D eigenvalue weighted by Gasteiger charge is 2.51. The Morgan fingerprint density at radius 2 is 1.87 bits per heavy atom. The summed E-state index contributed by atoms with van der Waals surface area (Å²) >= 11 is 0. The maximum Gasteiger partial charge on any atom is 0.407 e. The van der Waals surface area contributed by atoms with Crippen molar-refractivity contribution < 1.29 is 24.1 Å². The molecule has 4 atom stereocenters. The number of methoxy groups -OCH3 is 1. The van der Waals surface area contributed by atoms with E-state index in [1.54, 1.807) is 13.8 Å². The maximum atomic E-state index is 13.7. The monoisotopic (exact) mass is 524 g/mol. The average molecular weight is 524 g/mol. The molecule has 1 aliphatic heterocycles. The Balaban J connectivity index is 1.50. The number of likely N-dealkylation sites (tertiary alicyclic amines) is 1. The zero-order valence-corrected chi connectivity index (χ0v) is 23.6. The highest BCUT2D eigenvalue weighted by Crippen LogP contribution is 2.50. The molecule has 10 heteroatoms. The second-order valence-corrected chi connectivity index (χ2v) is 12.0. The molecule has 1 saturated carbocycles. The van der Waals surface area contributed by atoms with Gasteiger partial charge < -0.3 is 29.7 Å². The summed E-state index contributed by atoms with van der Waals surface area (Å²) in [4.78, 5) is 35.8. The normalized spacial score (nSPS) is 22.0. The van der Waals surface area contributed by atoms with Crippen LogP contribution in [-0.2, 0) is 14.2 Å². The molecule has 2 amide bonds. The van der Waals surface area contributed by atoms with Crippen LogP contribution in [-0.4, -0.2) is 69.9 Å². The predicted molar refractivity (Wildman–Crippen MR) is 147 cm³/mol. The molecule has 1 aromatic heterocycles. The van der Waals surface area contributed by atoms with Crippen molar-refractivity contribution in [3.8, 4) is 11.3 Å². The Bertz CT molecular complexity index is 1140. The van der Waals surface area contributed by atoms with Gasteiger partial charge >= 0.3 is 13.6 Å². The van der Waals surface area contributed by atoms with Gasteiger partial charge in [0.2, 0.25) is 5.91 Å². The van der Waals surface area contributed by atoms with Gasteiger partial charge in [-0.2, -0.15) is 0 Å². The number of H-pyrrole nitrogens is 1. The number of rotatable bonds is 9. The molecule has 1 aliphatic carbocycles. The first-order chi connectivity index (χ1) is 17.8. The summed E-state index contributed by atoms with van der Waals surface area (Å²) in [6.07, 6.45) is 4.19. The van der Waals surface area contributed by atoms with Gasteiger partial charge in [-0.3, -0.25) is 4.79 Å². The van der Waals surface area contributed by atoms with Gasteiger partial charge in [0.1, 0.15) is 11.9 Å². The van der Waals surface area contributed by atoms with Crippen LogP contribution in [0.5, 0.6) is 0 Å². The smallest absolute Gasteiger partial charge is 0.407 e. The van der Waals surface area contributed by atoms with Crippen molar-refractivity contribution in [3.63, 3.8) is 0 Å². The summed E-state index contributed by atoms with van der Waals surface area (Å²) in [6, 6.07) is 7.41. The minimum atomic E-state index is -0.960. The van der Waals surface area contributed by atoms with Crippen LogP contribution in [0, 0.1) is 11.8 Å². The van der Waals surface area contributed by atoms with E-state index in [0.29, 0.717) is 13.4 Å². The number of hydrogen-bond acceptors (Lipinski definition) is 6. The molecular formula is C28H41BN4O5. The lowest BCUT2D eigenvalue weighted by Crippen LogP contribution is -2.54. The van der Waals surface area contributed by atoms with Crippen LogP contribution in [0.2, 0.25) is 0 Å². The molecule has 2 heterocycles. The van der Waals surface area contributed by atoms with Crippen LogP contribution in [0.4, 0.5) is 4.79 Å². The molecule has 0 unspecified atom stereocenters. The standard InChI is InChI=1S/C28H41BN4O5/c1-16(2)22(32-26(35)37-7)25(34)33-20-13-10-18(14-20)23(33)24-30-15-21(31-24)17-8-11-19(12-9-17)29-38-28(5,6)27(3,4)36/h8-9,11-12,15-16,18,20,22-23,29,36H,10,13-14H2,1-7H3,(H,30,31)(H,32,35)/t18-,20+,22+,23+/m1/s1. The van der Waals surface area contributed by atoms with Gasteiger partial charge in [-0.1, -0.05) is 43.6 Å². The Morgan fingerprint density at radius 3 is 2.47 bits per heavy atom. The van der Waals surface area contributed by atoms with E-state index >= 15 is 0 Å². The molecule has 0 radical (unpaired) electrons. The summed E-state index contributed by atoms with van der Waals surface area (Å²) in [5, 5.41) is 13.1. The number of benzene rings is 1. The van der Waals surface area contributed by atoms with Crippen molar-refractivity contribution in [2.45, 2.75) is 90.1 Å². The fraction of sp³-hybridized carbons (Fsp3) is 0.607. The van der Waals surface area contributed by atoms with Crippen LogP contribution < -0.4 is 10.8 Å². The lowest BCUT2D eigenvalue weighted by molar-refractivity contribution is -0.139. The van der Waals surface area contributed by atoms with Crippen molar-refractivity contribution in [2.75, 3.05) is 7.11 Å². The van der Waals surface area contributed by atoms with Gasteiger partial charge in [0.25, 0.3) is 0 Å².